The van der Waals surface area contributed by atoms with Crippen LogP contribution in [-0.4, -0.2) is 57.2 Å². The normalized spacial score (nSPS) is 20.1. The number of ether oxygens (including phenoxy) is 2. The van der Waals surface area contributed by atoms with Gasteiger partial charge in [0.2, 0.25) is 0 Å². The van der Waals surface area contributed by atoms with Crippen LogP contribution < -0.4 is 10.5 Å². The maximum absolute atomic E-state index is 15.2. The zero-order chi connectivity index (χ0) is 26.5. The van der Waals surface area contributed by atoms with Gasteiger partial charge >= 0.3 is 0 Å². The zero-order valence-corrected chi connectivity index (χ0v) is 22.1. The van der Waals surface area contributed by atoms with E-state index >= 15 is 4.39 Å². The molecule has 3 aromatic heterocycles. The van der Waals surface area contributed by atoms with E-state index in [1.807, 2.05) is 10.9 Å². The van der Waals surface area contributed by atoms with E-state index in [1.54, 1.807) is 22.8 Å². The largest absolute Gasteiger partial charge is 0.381 e. The van der Waals surface area contributed by atoms with Crippen molar-refractivity contribution in [2.24, 2.45) is 0 Å². The number of hydrogen-bond acceptors (Lipinski definition) is 7. The van der Waals surface area contributed by atoms with Crippen LogP contribution in [-0.2, 0) is 22.4 Å². The maximum Gasteiger partial charge on any atom is 0.261 e. The molecule has 2 saturated heterocycles. The molecule has 2 fully saturated rings. The number of anilines is 1. The van der Waals surface area contributed by atoms with Gasteiger partial charge in [0.1, 0.15) is 34.8 Å². The molecule has 9 nitrogen and oxygen atoms in total. The monoisotopic (exact) mass is 550 g/mol. The fraction of sp³-hybridized carbons (Fsp3) is 0.429. The summed E-state index contributed by atoms with van der Waals surface area (Å²) < 4.78 is 30.5. The van der Waals surface area contributed by atoms with Crippen molar-refractivity contribution < 1.29 is 13.9 Å². The fourth-order valence-electron chi connectivity index (χ4n) is 5.83. The Hall–Kier alpha value is -3.34. The van der Waals surface area contributed by atoms with Crippen LogP contribution in [0.25, 0.3) is 22.2 Å². The molecule has 7 rings (SSSR count). The summed E-state index contributed by atoms with van der Waals surface area (Å²) in [6, 6.07) is 6.61. The predicted octanol–water partition coefficient (Wildman–Crippen LogP) is 4.32. The molecule has 0 bridgehead atoms. The Morgan fingerprint density at radius 1 is 1.08 bits per heavy atom. The highest BCUT2D eigenvalue weighted by Gasteiger charge is 2.28. The van der Waals surface area contributed by atoms with E-state index in [1.165, 1.54) is 6.07 Å². The number of rotatable bonds is 4. The van der Waals surface area contributed by atoms with Crippen LogP contribution in [0.5, 0.6) is 0 Å². The number of halogens is 2. The predicted molar refractivity (Wildman–Crippen MR) is 145 cm³/mol. The molecular formula is C28H28ClFN6O3. The van der Waals surface area contributed by atoms with Gasteiger partial charge in [-0.25, -0.2) is 14.4 Å². The molecule has 1 atom stereocenters. The van der Waals surface area contributed by atoms with Crippen molar-refractivity contribution in [2.45, 2.75) is 44.4 Å². The molecule has 0 unspecified atom stereocenters. The minimum atomic E-state index is -0.503. The summed E-state index contributed by atoms with van der Waals surface area (Å²) in [5, 5.41) is 5.34. The first-order valence-electron chi connectivity index (χ1n) is 13.4. The van der Waals surface area contributed by atoms with E-state index in [4.69, 9.17) is 31.0 Å². The van der Waals surface area contributed by atoms with Gasteiger partial charge in [0.05, 0.1) is 24.2 Å². The van der Waals surface area contributed by atoms with Crippen LogP contribution in [0, 0.1) is 5.82 Å². The Balaban J connectivity index is 1.28. The van der Waals surface area contributed by atoms with Crippen molar-refractivity contribution in [1.29, 1.82) is 0 Å². The zero-order valence-electron chi connectivity index (χ0n) is 21.4. The highest BCUT2D eigenvalue weighted by molar-refractivity contribution is 6.30. The van der Waals surface area contributed by atoms with E-state index in [-0.39, 0.29) is 17.2 Å². The topological polar surface area (TPSA) is 87.3 Å². The number of aryl methyl sites for hydroxylation is 1. The van der Waals surface area contributed by atoms with Gasteiger partial charge in [0.25, 0.3) is 5.56 Å². The summed E-state index contributed by atoms with van der Waals surface area (Å²) in [6.07, 6.45) is 7.17. The van der Waals surface area contributed by atoms with E-state index < -0.39 is 5.82 Å². The van der Waals surface area contributed by atoms with E-state index in [0.717, 1.165) is 38.0 Å². The second kappa shape index (κ2) is 10.0. The average Bonchev–Trinajstić information content (AvgIpc) is 3.64. The highest BCUT2D eigenvalue weighted by atomic mass is 35.5. The van der Waals surface area contributed by atoms with Gasteiger partial charge < -0.3 is 14.4 Å². The molecule has 0 amide bonds. The Morgan fingerprint density at radius 3 is 2.79 bits per heavy atom. The maximum atomic E-state index is 15.2. The molecular weight excluding hydrogens is 523 g/mol. The van der Waals surface area contributed by atoms with Crippen LogP contribution >= 0.6 is 11.6 Å². The molecule has 3 aliphatic rings. The summed E-state index contributed by atoms with van der Waals surface area (Å²) in [4.78, 5) is 25.3. The first-order valence-corrected chi connectivity index (χ1v) is 13.8. The number of aromatic nitrogens is 5. The Morgan fingerprint density at radius 2 is 1.95 bits per heavy atom. The average molecular weight is 551 g/mol. The molecule has 0 saturated carbocycles. The second-order valence-corrected chi connectivity index (χ2v) is 10.8. The van der Waals surface area contributed by atoms with Gasteiger partial charge in [-0.05, 0) is 43.5 Å². The SMILES string of the molecule is O=c1c2cc(N3CCO[C@@H](c4cnn(C5CCOCC5)c4)C3)nc(-c3ccc(Cl)cc3F)c2nc2n1CCC2. The van der Waals surface area contributed by atoms with Gasteiger partial charge in [0, 0.05) is 61.6 Å². The van der Waals surface area contributed by atoms with Crippen molar-refractivity contribution in [3.8, 4) is 11.3 Å². The van der Waals surface area contributed by atoms with Crippen LogP contribution in [0.1, 0.15) is 42.8 Å². The van der Waals surface area contributed by atoms with Crippen molar-refractivity contribution in [3.05, 3.63) is 69.2 Å². The molecule has 39 heavy (non-hydrogen) atoms. The number of pyridine rings is 1. The van der Waals surface area contributed by atoms with Crippen molar-refractivity contribution in [1.82, 2.24) is 24.3 Å². The first-order chi connectivity index (χ1) is 19.0. The molecule has 0 N–H and O–H groups in total. The molecule has 3 aliphatic heterocycles. The van der Waals surface area contributed by atoms with Crippen LogP contribution in [0.3, 0.4) is 0 Å². The van der Waals surface area contributed by atoms with Gasteiger partial charge in [-0.1, -0.05) is 11.6 Å². The number of benzene rings is 1. The molecule has 0 radical (unpaired) electrons. The number of nitrogens with zero attached hydrogens (tertiary/aromatic N) is 6. The number of hydrogen-bond donors (Lipinski definition) is 0. The minimum Gasteiger partial charge on any atom is -0.381 e. The van der Waals surface area contributed by atoms with Crippen LogP contribution in [0.2, 0.25) is 5.02 Å². The highest BCUT2D eigenvalue weighted by Crippen LogP contribution is 2.34. The molecule has 11 heteroatoms. The lowest BCUT2D eigenvalue weighted by Gasteiger charge is -2.33. The summed E-state index contributed by atoms with van der Waals surface area (Å²) >= 11 is 6.04. The lowest BCUT2D eigenvalue weighted by atomic mass is 10.1. The van der Waals surface area contributed by atoms with E-state index in [2.05, 4.69) is 16.2 Å². The minimum absolute atomic E-state index is 0.116. The third-order valence-electron chi connectivity index (χ3n) is 7.92. The lowest BCUT2D eigenvalue weighted by molar-refractivity contribution is 0.0392. The van der Waals surface area contributed by atoms with Crippen molar-refractivity contribution >= 4 is 28.3 Å². The van der Waals surface area contributed by atoms with Crippen LogP contribution in [0.4, 0.5) is 10.2 Å². The lowest BCUT2D eigenvalue weighted by Crippen LogP contribution is -2.39. The third-order valence-corrected chi connectivity index (χ3v) is 8.16. The summed E-state index contributed by atoms with van der Waals surface area (Å²) in [5.41, 5.74) is 1.91. The fourth-order valence-corrected chi connectivity index (χ4v) is 5.99. The molecule has 0 spiro atoms. The van der Waals surface area contributed by atoms with E-state index in [9.17, 15) is 4.79 Å². The van der Waals surface area contributed by atoms with Gasteiger partial charge in [-0.2, -0.15) is 5.10 Å². The quantitative estimate of drug-likeness (QED) is 0.374. The summed E-state index contributed by atoms with van der Waals surface area (Å²) in [5.74, 6) is 0.802. The van der Waals surface area contributed by atoms with Crippen molar-refractivity contribution in [3.63, 3.8) is 0 Å². The molecule has 4 aromatic rings. The summed E-state index contributed by atoms with van der Waals surface area (Å²) in [6.45, 7) is 3.73. The van der Waals surface area contributed by atoms with Gasteiger partial charge in [0.15, 0.2) is 0 Å². The standard InChI is InChI=1S/C28H28ClFN6O3/c29-18-3-4-20(22(30)12-18)26-27-21(28(37)35-7-1-2-24(35)32-27)13-25(33-26)34-8-11-39-23(16-34)17-14-31-36(15-17)19-5-9-38-10-6-19/h3-4,12-15,19,23H,1-2,5-11,16H2/t23-/m1/s1. The van der Waals surface area contributed by atoms with E-state index in [0.29, 0.717) is 72.0 Å². The first kappa shape index (κ1) is 24.7. The number of fused-ring (bicyclic) bond motifs is 2. The molecule has 1 aromatic carbocycles. The third kappa shape index (κ3) is 4.50. The Bertz CT molecular complexity index is 1620. The van der Waals surface area contributed by atoms with Gasteiger partial charge in [-0.15, -0.1) is 0 Å². The molecule has 6 heterocycles. The second-order valence-electron chi connectivity index (χ2n) is 10.3. The molecule has 202 valence electrons. The van der Waals surface area contributed by atoms with Crippen LogP contribution in [0.15, 0.2) is 41.5 Å². The summed E-state index contributed by atoms with van der Waals surface area (Å²) in [7, 11) is 0. The van der Waals surface area contributed by atoms with Gasteiger partial charge in [-0.3, -0.25) is 14.0 Å². The smallest absolute Gasteiger partial charge is 0.261 e. The Labute approximate surface area is 229 Å². The molecule has 0 aliphatic carbocycles. The van der Waals surface area contributed by atoms with Crippen molar-refractivity contribution in [2.75, 3.05) is 37.8 Å². The Kier molecular flexibility index (Phi) is 6.33. The number of morpholine rings is 1.